The van der Waals surface area contributed by atoms with Crippen LogP contribution in [0.2, 0.25) is 0 Å². The quantitative estimate of drug-likeness (QED) is 0.760. The molecule has 2 aromatic rings. The van der Waals surface area contributed by atoms with Gasteiger partial charge < -0.3 is 0 Å². The van der Waals surface area contributed by atoms with Gasteiger partial charge in [-0.25, -0.2) is 0 Å². The van der Waals surface area contributed by atoms with Gasteiger partial charge in [0.2, 0.25) is 0 Å². The van der Waals surface area contributed by atoms with Crippen LogP contribution in [0.1, 0.15) is 31.0 Å². The summed E-state index contributed by atoms with van der Waals surface area (Å²) in [6, 6.07) is 8.34. The average Bonchev–Trinajstić information content (AvgIpc) is 2.30. The number of nitrogens with zero attached hydrogens (tertiary/aromatic N) is 2. The minimum Gasteiger partial charge on any atom is -0.257 e. The highest BCUT2D eigenvalue weighted by Crippen LogP contribution is 2.18. The second-order valence-corrected chi connectivity index (χ2v) is 4.35. The van der Waals surface area contributed by atoms with Gasteiger partial charge in [-0.3, -0.25) is 9.97 Å². The zero-order chi connectivity index (χ0) is 11.5. The van der Waals surface area contributed by atoms with E-state index in [1.807, 2.05) is 12.4 Å². The molecule has 2 nitrogen and oxygen atoms in total. The van der Waals surface area contributed by atoms with E-state index < -0.39 is 0 Å². The van der Waals surface area contributed by atoms with Crippen LogP contribution in [0.4, 0.5) is 0 Å². The summed E-state index contributed by atoms with van der Waals surface area (Å²) in [6.45, 7) is 6.32. The summed E-state index contributed by atoms with van der Waals surface area (Å²) in [5, 5.41) is 0. The molecule has 0 spiro atoms. The van der Waals surface area contributed by atoms with E-state index in [9.17, 15) is 0 Å². The van der Waals surface area contributed by atoms with Crippen molar-refractivity contribution in [1.82, 2.24) is 9.97 Å². The van der Waals surface area contributed by atoms with E-state index in [-0.39, 0.29) is 0 Å². The highest BCUT2D eigenvalue weighted by molar-refractivity contribution is 5.58. The molecule has 1 aromatic carbocycles. The Morgan fingerprint density at radius 2 is 1.62 bits per heavy atom. The van der Waals surface area contributed by atoms with Crippen LogP contribution in [0, 0.1) is 6.92 Å². The summed E-state index contributed by atoms with van der Waals surface area (Å²) in [7, 11) is 0. The Bertz CT molecular complexity index is 455. The topological polar surface area (TPSA) is 25.8 Å². The van der Waals surface area contributed by atoms with Gasteiger partial charge in [0, 0.05) is 11.8 Å². The van der Waals surface area contributed by atoms with Crippen molar-refractivity contribution in [3.05, 3.63) is 47.9 Å². The van der Waals surface area contributed by atoms with Gasteiger partial charge in [-0.15, -0.1) is 0 Å². The summed E-state index contributed by atoms with van der Waals surface area (Å²) in [6.07, 6.45) is 3.71. The first-order chi connectivity index (χ1) is 7.66. The van der Waals surface area contributed by atoms with E-state index in [1.54, 1.807) is 0 Å². The second-order valence-electron chi connectivity index (χ2n) is 4.35. The molecule has 0 atom stereocenters. The molecule has 1 aromatic heterocycles. The zero-order valence-corrected chi connectivity index (χ0v) is 9.94. The minimum absolute atomic E-state index is 0.430. The lowest BCUT2D eigenvalue weighted by molar-refractivity contribution is 0.813. The van der Waals surface area contributed by atoms with Gasteiger partial charge in [0.25, 0.3) is 0 Å². The fraction of sp³-hybridized carbons (Fsp3) is 0.286. The summed E-state index contributed by atoms with van der Waals surface area (Å²) in [5.74, 6) is 0.430. The fourth-order valence-corrected chi connectivity index (χ4v) is 1.51. The van der Waals surface area contributed by atoms with Crippen molar-refractivity contribution in [3.8, 4) is 11.3 Å². The van der Waals surface area contributed by atoms with E-state index in [0.717, 1.165) is 17.0 Å². The van der Waals surface area contributed by atoms with Gasteiger partial charge in [-0.05, 0) is 12.8 Å². The van der Waals surface area contributed by atoms with Crippen molar-refractivity contribution in [1.29, 1.82) is 0 Å². The van der Waals surface area contributed by atoms with Crippen molar-refractivity contribution in [2.75, 3.05) is 0 Å². The minimum atomic E-state index is 0.430. The van der Waals surface area contributed by atoms with Gasteiger partial charge >= 0.3 is 0 Å². The molecule has 0 bridgehead atoms. The van der Waals surface area contributed by atoms with Gasteiger partial charge in [0.05, 0.1) is 17.6 Å². The Morgan fingerprint density at radius 1 is 0.938 bits per heavy atom. The molecular formula is C14H16N2. The molecule has 2 heteroatoms. The molecule has 0 N–H and O–H groups in total. The molecule has 0 aliphatic carbocycles. The molecular weight excluding hydrogens is 196 g/mol. The van der Waals surface area contributed by atoms with Gasteiger partial charge in [0.1, 0.15) is 0 Å². The van der Waals surface area contributed by atoms with E-state index in [1.165, 1.54) is 5.56 Å². The Kier molecular flexibility index (Phi) is 3.00. The summed E-state index contributed by atoms with van der Waals surface area (Å²) < 4.78 is 0. The van der Waals surface area contributed by atoms with Gasteiger partial charge in [0.15, 0.2) is 0 Å². The first-order valence-electron chi connectivity index (χ1n) is 5.56. The second kappa shape index (κ2) is 4.44. The lowest BCUT2D eigenvalue weighted by Gasteiger charge is -2.05. The molecule has 82 valence electrons. The zero-order valence-electron chi connectivity index (χ0n) is 9.94. The Morgan fingerprint density at radius 3 is 2.12 bits per heavy atom. The Hall–Kier alpha value is -1.70. The molecule has 0 fully saturated rings. The third kappa shape index (κ3) is 2.27. The van der Waals surface area contributed by atoms with Crippen molar-refractivity contribution in [2.45, 2.75) is 26.7 Å². The fourth-order valence-electron chi connectivity index (χ4n) is 1.51. The molecule has 0 unspecified atom stereocenters. The van der Waals surface area contributed by atoms with Crippen LogP contribution in [0.25, 0.3) is 11.3 Å². The number of rotatable bonds is 2. The molecule has 2 rings (SSSR count). The number of aromatic nitrogens is 2. The lowest BCUT2D eigenvalue weighted by Crippen LogP contribution is -1.94. The third-order valence-corrected chi connectivity index (χ3v) is 2.61. The van der Waals surface area contributed by atoms with Crippen molar-refractivity contribution < 1.29 is 0 Å². The SMILES string of the molecule is Cc1ccc(-c2cnc(C(C)C)cn2)cc1. The van der Waals surface area contributed by atoms with E-state index >= 15 is 0 Å². The first kappa shape index (κ1) is 10.8. The predicted molar refractivity (Wildman–Crippen MR) is 66.3 cm³/mol. The van der Waals surface area contributed by atoms with Crippen LogP contribution in [0.5, 0.6) is 0 Å². The van der Waals surface area contributed by atoms with Gasteiger partial charge in [-0.1, -0.05) is 43.7 Å². The van der Waals surface area contributed by atoms with Crippen LogP contribution in [0.3, 0.4) is 0 Å². The highest BCUT2D eigenvalue weighted by Gasteiger charge is 2.03. The van der Waals surface area contributed by atoms with E-state index in [0.29, 0.717) is 5.92 Å². The standard InChI is InChI=1S/C14H16N2/c1-10(2)13-8-16-14(9-15-13)12-6-4-11(3)5-7-12/h4-10H,1-3H3. The van der Waals surface area contributed by atoms with Crippen molar-refractivity contribution >= 4 is 0 Å². The lowest BCUT2D eigenvalue weighted by atomic mass is 10.1. The monoisotopic (exact) mass is 212 g/mol. The number of aryl methyl sites for hydroxylation is 1. The molecule has 1 heterocycles. The number of benzene rings is 1. The largest absolute Gasteiger partial charge is 0.257 e. The van der Waals surface area contributed by atoms with Crippen LogP contribution in [0.15, 0.2) is 36.7 Å². The average molecular weight is 212 g/mol. The van der Waals surface area contributed by atoms with Crippen molar-refractivity contribution in [3.63, 3.8) is 0 Å². The van der Waals surface area contributed by atoms with Crippen molar-refractivity contribution in [2.24, 2.45) is 0 Å². The maximum absolute atomic E-state index is 4.44. The molecule has 0 aliphatic heterocycles. The third-order valence-electron chi connectivity index (χ3n) is 2.61. The Balaban J connectivity index is 2.31. The van der Waals surface area contributed by atoms with E-state index in [2.05, 4.69) is 55.0 Å². The molecule has 0 amide bonds. The smallest absolute Gasteiger partial charge is 0.0885 e. The predicted octanol–water partition coefficient (Wildman–Crippen LogP) is 3.58. The number of hydrogen-bond acceptors (Lipinski definition) is 2. The molecule has 0 saturated carbocycles. The van der Waals surface area contributed by atoms with Gasteiger partial charge in [-0.2, -0.15) is 0 Å². The highest BCUT2D eigenvalue weighted by atomic mass is 14.8. The summed E-state index contributed by atoms with van der Waals surface area (Å²) in [5.41, 5.74) is 4.35. The Labute approximate surface area is 96.4 Å². The first-order valence-corrected chi connectivity index (χ1v) is 5.56. The maximum atomic E-state index is 4.44. The summed E-state index contributed by atoms with van der Waals surface area (Å²) in [4.78, 5) is 8.85. The maximum Gasteiger partial charge on any atom is 0.0885 e. The van der Waals surface area contributed by atoms with Crippen LogP contribution in [-0.2, 0) is 0 Å². The number of hydrogen-bond donors (Lipinski definition) is 0. The normalized spacial score (nSPS) is 10.8. The molecule has 0 radical (unpaired) electrons. The molecule has 0 aliphatic rings. The van der Waals surface area contributed by atoms with E-state index in [4.69, 9.17) is 0 Å². The molecule has 0 saturated heterocycles. The van der Waals surface area contributed by atoms with Crippen LogP contribution in [-0.4, -0.2) is 9.97 Å². The van der Waals surface area contributed by atoms with Crippen LogP contribution < -0.4 is 0 Å². The summed E-state index contributed by atoms with van der Waals surface area (Å²) >= 11 is 0. The molecule has 16 heavy (non-hydrogen) atoms. The van der Waals surface area contributed by atoms with Crippen LogP contribution >= 0.6 is 0 Å².